The van der Waals surface area contributed by atoms with Crippen LogP contribution in [-0.2, 0) is 9.47 Å². The monoisotopic (exact) mass is 481 g/mol. The zero-order valence-electron chi connectivity index (χ0n) is 18.9. The Labute approximate surface area is 199 Å². The highest BCUT2D eigenvalue weighted by Crippen LogP contribution is 2.41. The molecule has 1 N–H and O–H groups in total. The van der Waals surface area contributed by atoms with Crippen LogP contribution in [0.3, 0.4) is 0 Å². The molecular formula is C24H23N3O4S2. The summed E-state index contributed by atoms with van der Waals surface area (Å²) in [7, 11) is 2.62. The number of aromatic nitrogens is 2. The van der Waals surface area contributed by atoms with Crippen molar-refractivity contribution < 1.29 is 19.1 Å². The summed E-state index contributed by atoms with van der Waals surface area (Å²) in [5.41, 5.74) is 4.10. The fourth-order valence-electron chi connectivity index (χ4n) is 3.57. The second-order valence-electron chi connectivity index (χ2n) is 7.70. The lowest BCUT2D eigenvalue weighted by molar-refractivity contribution is 0.0601. The summed E-state index contributed by atoms with van der Waals surface area (Å²) in [6.45, 7) is 6.02. The standard InChI is InChI=1S/C24H23N3O4S2/c1-12(2)14-6-8-15(9-7-14)16-10-32-21-18(16)20(25-11-26-21)27-22-17(23(28)30-4)13(3)19(33-22)24(29)31-5/h6-12H,1-5H3,(H,25,26,27). The number of ether oxygens (including phenoxy) is 2. The van der Waals surface area contributed by atoms with Gasteiger partial charge in [-0.15, -0.1) is 22.7 Å². The second-order valence-corrected chi connectivity index (χ2v) is 9.58. The van der Waals surface area contributed by atoms with E-state index < -0.39 is 11.9 Å². The number of thiophene rings is 2. The van der Waals surface area contributed by atoms with E-state index in [2.05, 4.69) is 58.8 Å². The molecule has 0 spiro atoms. The maximum atomic E-state index is 12.5. The van der Waals surface area contributed by atoms with Crippen LogP contribution >= 0.6 is 22.7 Å². The smallest absolute Gasteiger partial charge is 0.348 e. The average Bonchev–Trinajstić information content (AvgIpc) is 3.40. The third kappa shape index (κ3) is 4.21. The van der Waals surface area contributed by atoms with Crippen LogP contribution in [0.2, 0.25) is 0 Å². The zero-order chi connectivity index (χ0) is 23.7. The molecule has 7 nitrogen and oxygen atoms in total. The number of fused-ring (bicyclic) bond motifs is 1. The van der Waals surface area contributed by atoms with Gasteiger partial charge < -0.3 is 14.8 Å². The third-order valence-corrected chi connectivity index (χ3v) is 7.47. The molecule has 0 aliphatic carbocycles. The number of anilines is 2. The quantitative estimate of drug-likeness (QED) is 0.329. The van der Waals surface area contributed by atoms with Gasteiger partial charge in [-0.1, -0.05) is 38.1 Å². The van der Waals surface area contributed by atoms with Gasteiger partial charge in [-0.3, -0.25) is 0 Å². The minimum Gasteiger partial charge on any atom is -0.465 e. The first-order valence-corrected chi connectivity index (χ1v) is 11.9. The second kappa shape index (κ2) is 9.29. The molecule has 3 aromatic heterocycles. The van der Waals surface area contributed by atoms with E-state index in [0.29, 0.717) is 27.2 Å². The van der Waals surface area contributed by atoms with Crippen molar-refractivity contribution in [2.45, 2.75) is 26.7 Å². The number of methoxy groups -OCH3 is 2. The summed E-state index contributed by atoms with van der Waals surface area (Å²) in [5, 5.41) is 6.63. The molecule has 0 saturated carbocycles. The highest BCUT2D eigenvalue weighted by atomic mass is 32.1. The maximum Gasteiger partial charge on any atom is 0.348 e. The van der Waals surface area contributed by atoms with Crippen molar-refractivity contribution in [2.75, 3.05) is 19.5 Å². The molecule has 0 bridgehead atoms. The molecule has 0 aliphatic heterocycles. The molecule has 4 aromatic rings. The van der Waals surface area contributed by atoms with E-state index in [0.717, 1.165) is 32.7 Å². The van der Waals surface area contributed by atoms with E-state index in [1.165, 1.54) is 37.4 Å². The summed E-state index contributed by atoms with van der Waals surface area (Å²) < 4.78 is 9.84. The molecule has 9 heteroatoms. The van der Waals surface area contributed by atoms with Crippen LogP contribution in [0.15, 0.2) is 36.0 Å². The van der Waals surface area contributed by atoms with Crippen LogP contribution in [0.5, 0.6) is 0 Å². The molecule has 0 atom stereocenters. The van der Waals surface area contributed by atoms with Crippen molar-refractivity contribution in [3.63, 3.8) is 0 Å². The summed E-state index contributed by atoms with van der Waals surface area (Å²) in [4.78, 5) is 34.8. The van der Waals surface area contributed by atoms with Crippen LogP contribution in [-0.4, -0.2) is 36.1 Å². The predicted molar refractivity (Wildman–Crippen MR) is 132 cm³/mol. The molecule has 0 saturated heterocycles. The highest BCUT2D eigenvalue weighted by molar-refractivity contribution is 7.18. The first-order chi connectivity index (χ1) is 15.8. The normalized spacial score (nSPS) is 11.1. The first-order valence-electron chi connectivity index (χ1n) is 10.2. The van der Waals surface area contributed by atoms with Gasteiger partial charge in [0.15, 0.2) is 0 Å². The summed E-state index contributed by atoms with van der Waals surface area (Å²) in [5.74, 6) is -0.0554. The number of carbonyl (C=O) groups excluding carboxylic acids is 2. The van der Waals surface area contributed by atoms with Crippen LogP contribution in [0.4, 0.5) is 10.8 Å². The Morgan fingerprint density at radius 2 is 1.73 bits per heavy atom. The van der Waals surface area contributed by atoms with Crippen LogP contribution in [0, 0.1) is 6.92 Å². The lowest BCUT2D eigenvalue weighted by atomic mass is 9.99. The topological polar surface area (TPSA) is 90.4 Å². The van der Waals surface area contributed by atoms with E-state index in [1.54, 1.807) is 6.92 Å². The Balaban J connectivity index is 1.83. The van der Waals surface area contributed by atoms with Crippen molar-refractivity contribution in [1.29, 1.82) is 0 Å². The van der Waals surface area contributed by atoms with E-state index in [4.69, 9.17) is 9.47 Å². The number of benzene rings is 1. The maximum absolute atomic E-state index is 12.5. The number of hydrogen-bond acceptors (Lipinski definition) is 9. The van der Waals surface area contributed by atoms with Crippen LogP contribution < -0.4 is 5.32 Å². The third-order valence-electron chi connectivity index (χ3n) is 5.40. The van der Waals surface area contributed by atoms with Gasteiger partial charge in [0.1, 0.15) is 26.9 Å². The lowest BCUT2D eigenvalue weighted by Gasteiger charge is -2.10. The fraction of sp³-hybridized carbons (Fsp3) is 0.250. The number of nitrogens with zero attached hydrogens (tertiary/aromatic N) is 2. The largest absolute Gasteiger partial charge is 0.465 e. The molecule has 0 aliphatic rings. The zero-order valence-corrected chi connectivity index (χ0v) is 20.5. The van der Waals surface area contributed by atoms with Crippen molar-refractivity contribution in [3.05, 3.63) is 57.5 Å². The van der Waals surface area contributed by atoms with E-state index in [1.807, 2.05) is 0 Å². The summed E-state index contributed by atoms with van der Waals surface area (Å²) in [6, 6.07) is 8.44. The van der Waals surface area contributed by atoms with Crippen LogP contribution in [0.1, 0.15) is 50.9 Å². The molecule has 0 fully saturated rings. The molecule has 0 unspecified atom stereocenters. The van der Waals surface area contributed by atoms with Crippen molar-refractivity contribution >= 4 is 55.6 Å². The number of carbonyl (C=O) groups is 2. The molecule has 3 heterocycles. The molecule has 1 aromatic carbocycles. The Bertz CT molecular complexity index is 1340. The molecule has 0 radical (unpaired) electrons. The van der Waals surface area contributed by atoms with Gasteiger partial charge in [-0.05, 0) is 29.5 Å². The van der Waals surface area contributed by atoms with Crippen LogP contribution in [0.25, 0.3) is 21.3 Å². The van der Waals surface area contributed by atoms with Gasteiger partial charge >= 0.3 is 11.9 Å². The van der Waals surface area contributed by atoms with E-state index >= 15 is 0 Å². The number of rotatable bonds is 6. The van der Waals surface area contributed by atoms with Crippen molar-refractivity contribution in [3.8, 4) is 11.1 Å². The first kappa shape index (κ1) is 22.9. The van der Waals surface area contributed by atoms with Gasteiger partial charge in [-0.2, -0.15) is 0 Å². The summed E-state index contributed by atoms with van der Waals surface area (Å²) in [6.07, 6.45) is 1.48. The Morgan fingerprint density at radius 3 is 2.36 bits per heavy atom. The molecular weight excluding hydrogens is 458 g/mol. The Hall–Kier alpha value is -3.30. The SMILES string of the molecule is COC(=O)c1sc(Nc2ncnc3scc(-c4ccc(C(C)C)cc4)c23)c(C(=O)OC)c1C. The van der Waals surface area contributed by atoms with Gasteiger partial charge in [0, 0.05) is 10.9 Å². The highest BCUT2D eigenvalue weighted by Gasteiger charge is 2.27. The van der Waals surface area contributed by atoms with Gasteiger partial charge in [0.2, 0.25) is 0 Å². The Morgan fingerprint density at radius 1 is 1.03 bits per heavy atom. The van der Waals surface area contributed by atoms with Gasteiger partial charge in [0.05, 0.1) is 25.2 Å². The number of hydrogen-bond donors (Lipinski definition) is 1. The predicted octanol–water partition coefficient (Wildman–Crippen LogP) is 6.17. The average molecular weight is 482 g/mol. The van der Waals surface area contributed by atoms with Crippen molar-refractivity contribution in [1.82, 2.24) is 9.97 Å². The lowest BCUT2D eigenvalue weighted by Crippen LogP contribution is -2.07. The van der Waals surface area contributed by atoms with E-state index in [9.17, 15) is 9.59 Å². The molecule has 33 heavy (non-hydrogen) atoms. The minimum atomic E-state index is -0.540. The minimum absolute atomic E-state index is 0.285. The molecule has 170 valence electrons. The fourth-order valence-corrected chi connectivity index (χ4v) is 5.60. The van der Waals surface area contributed by atoms with E-state index in [-0.39, 0.29) is 5.56 Å². The molecule has 0 amide bonds. The van der Waals surface area contributed by atoms with Gasteiger partial charge in [-0.25, -0.2) is 19.6 Å². The summed E-state index contributed by atoms with van der Waals surface area (Å²) >= 11 is 2.65. The Kier molecular flexibility index (Phi) is 6.44. The van der Waals surface area contributed by atoms with Gasteiger partial charge in [0.25, 0.3) is 0 Å². The van der Waals surface area contributed by atoms with Crippen molar-refractivity contribution in [2.24, 2.45) is 0 Å². The molecule has 4 rings (SSSR count). The number of esters is 2. The number of nitrogens with one attached hydrogen (secondary N) is 1.